The van der Waals surface area contributed by atoms with Gasteiger partial charge in [0.2, 0.25) is 5.91 Å². The molecule has 0 radical (unpaired) electrons. The van der Waals surface area contributed by atoms with Crippen LogP contribution in [-0.2, 0) is 29.1 Å². The number of amides is 1. The maximum atomic E-state index is 13.2. The fourth-order valence-corrected chi connectivity index (χ4v) is 4.18. The Bertz CT molecular complexity index is 1370. The Hall–Kier alpha value is -4.34. The molecule has 0 aliphatic carbocycles. The van der Waals surface area contributed by atoms with Crippen LogP contribution in [0.4, 0.5) is 18.9 Å². The molecule has 3 aromatic carbocycles. The summed E-state index contributed by atoms with van der Waals surface area (Å²) in [5.41, 5.74) is 4.42. The van der Waals surface area contributed by atoms with E-state index in [0.717, 1.165) is 24.3 Å². The van der Waals surface area contributed by atoms with E-state index in [4.69, 9.17) is 9.90 Å². The standard InChI is InChI=1S/C25H24N4O.C2HF3O2/c30-25(14-19-9-10-20-5-1-2-6-21(20)13-19)29-12-11-28(17-23-15-26-18-27-23)24-8-4-3-7-22(24)16-29;3-2(4,5)1(6)7/h1-10,13,15,18H,11-12,14,16-17H2,(H,26,27);(H,6,7). The van der Waals surface area contributed by atoms with Crippen LogP contribution in [0.5, 0.6) is 0 Å². The molecule has 2 heterocycles. The Morgan fingerprint density at radius 2 is 1.68 bits per heavy atom. The third-order valence-electron chi connectivity index (χ3n) is 6.01. The first-order valence-electron chi connectivity index (χ1n) is 11.6. The number of anilines is 1. The van der Waals surface area contributed by atoms with E-state index in [0.29, 0.717) is 19.5 Å². The van der Waals surface area contributed by atoms with Gasteiger partial charge in [0.25, 0.3) is 0 Å². The number of alkyl halides is 3. The zero-order valence-corrected chi connectivity index (χ0v) is 19.8. The largest absolute Gasteiger partial charge is 0.490 e. The molecule has 37 heavy (non-hydrogen) atoms. The summed E-state index contributed by atoms with van der Waals surface area (Å²) in [7, 11) is 0. The molecule has 7 nitrogen and oxygen atoms in total. The summed E-state index contributed by atoms with van der Waals surface area (Å²) in [6.45, 7) is 2.85. The van der Waals surface area contributed by atoms with Gasteiger partial charge in [0.15, 0.2) is 0 Å². The summed E-state index contributed by atoms with van der Waals surface area (Å²) >= 11 is 0. The molecule has 0 spiro atoms. The third kappa shape index (κ3) is 6.66. The highest BCUT2D eigenvalue weighted by molar-refractivity contribution is 5.85. The van der Waals surface area contributed by atoms with Gasteiger partial charge in [-0.1, -0.05) is 60.7 Å². The molecule has 0 saturated carbocycles. The first kappa shape index (κ1) is 25.7. The molecule has 192 valence electrons. The van der Waals surface area contributed by atoms with Gasteiger partial charge in [-0.3, -0.25) is 4.79 Å². The highest BCUT2D eigenvalue weighted by Gasteiger charge is 2.38. The Kier molecular flexibility index (Phi) is 7.76. The number of imidazole rings is 1. The molecular formula is C27H25F3N4O3. The monoisotopic (exact) mass is 510 g/mol. The topological polar surface area (TPSA) is 89.5 Å². The van der Waals surface area contributed by atoms with Crippen LogP contribution in [0, 0.1) is 0 Å². The molecule has 0 atom stereocenters. The van der Waals surface area contributed by atoms with E-state index in [9.17, 15) is 18.0 Å². The first-order valence-corrected chi connectivity index (χ1v) is 11.6. The van der Waals surface area contributed by atoms with Gasteiger partial charge in [-0.05, 0) is 28.0 Å². The molecule has 5 rings (SSSR count). The summed E-state index contributed by atoms with van der Waals surface area (Å²) in [6.07, 6.45) is -1.03. The molecular weight excluding hydrogens is 485 g/mol. The van der Waals surface area contributed by atoms with Crippen LogP contribution in [0.1, 0.15) is 16.8 Å². The van der Waals surface area contributed by atoms with Gasteiger partial charge in [0.1, 0.15) is 0 Å². The molecule has 0 fully saturated rings. The zero-order chi connectivity index (χ0) is 26.4. The number of halogens is 3. The van der Waals surface area contributed by atoms with Crippen molar-refractivity contribution in [3.05, 3.63) is 96.1 Å². The Labute approximate surface area is 211 Å². The van der Waals surface area contributed by atoms with Gasteiger partial charge in [0, 0.05) is 31.5 Å². The lowest BCUT2D eigenvalue weighted by Gasteiger charge is -2.24. The van der Waals surface area contributed by atoms with E-state index >= 15 is 0 Å². The minimum absolute atomic E-state index is 0.168. The second-order valence-corrected chi connectivity index (χ2v) is 8.59. The number of fused-ring (bicyclic) bond motifs is 2. The fraction of sp³-hybridized carbons (Fsp3) is 0.222. The van der Waals surface area contributed by atoms with Gasteiger partial charge in [-0.15, -0.1) is 0 Å². The van der Waals surface area contributed by atoms with Crippen molar-refractivity contribution in [1.82, 2.24) is 14.9 Å². The summed E-state index contributed by atoms with van der Waals surface area (Å²) in [5.74, 6) is -2.59. The number of hydrogen-bond acceptors (Lipinski definition) is 4. The van der Waals surface area contributed by atoms with E-state index in [1.54, 1.807) is 6.33 Å². The molecule has 1 aliphatic rings. The number of nitrogens with one attached hydrogen (secondary N) is 1. The lowest BCUT2D eigenvalue weighted by molar-refractivity contribution is -0.192. The molecule has 1 amide bonds. The predicted molar refractivity (Wildman–Crippen MR) is 133 cm³/mol. The van der Waals surface area contributed by atoms with Crippen LogP contribution < -0.4 is 4.90 Å². The zero-order valence-electron chi connectivity index (χ0n) is 19.8. The Morgan fingerprint density at radius 1 is 0.973 bits per heavy atom. The van der Waals surface area contributed by atoms with Crippen LogP contribution in [0.15, 0.2) is 79.3 Å². The van der Waals surface area contributed by atoms with Crippen LogP contribution in [-0.4, -0.2) is 51.1 Å². The summed E-state index contributed by atoms with van der Waals surface area (Å²) in [4.78, 5) is 33.8. The van der Waals surface area contributed by atoms with E-state index in [2.05, 4.69) is 63.4 Å². The number of rotatable bonds is 4. The van der Waals surface area contributed by atoms with Gasteiger partial charge in [-0.25, -0.2) is 9.78 Å². The van der Waals surface area contributed by atoms with E-state index in [1.807, 2.05) is 29.3 Å². The van der Waals surface area contributed by atoms with Gasteiger partial charge in [0.05, 0.1) is 25.0 Å². The van der Waals surface area contributed by atoms with E-state index < -0.39 is 12.1 Å². The van der Waals surface area contributed by atoms with Crippen LogP contribution in [0.3, 0.4) is 0 Å². The molecule has 1 aromatic heterocycles. The molecule has 10 heteroatoms. The summed E-state index contributed by atoms with van der Waals surface area (Å²) in [6, 6.07) is 22.9. The second-order valence-electron chi connectivity index (χ2n) is 8.59. The van der Waals surface area contributed by atoms with Gasteiger partial charge in [-0.2, -0.15) is 13.2 Å². The second kappa shape index (κ2) is 11.2. The van der Waals surface area contributed by atoms with Crippen molar-refractivity contribution in [2.75, 3.05) is 18.0 Å². The highest BCUT2D eigenvalue weighted by Crippen LogP contribution is 2.27. The lowest BCUT2D eigenvalue weighted by atomic mass is 10.0. The number of benzene rings is 3. The van der Waals surface area contributed by atoms with Crippen LogP contribution in [0.2, 0.25) is 0 Å². The Balaban J connectivity index is 0.000000405. The summed E-state index contributed by atoms with van der Waals surface area (Å²) < 4.78 is 31.7. The maximum absolute atomic E-state index is 13.2. The maximum Gasteiger partial charge on any atom is 0.490 e. The highest BCUT2D eigenvalue weighted by atomic mass is 19.4. The van der Waals surface area contributed by atoms with Gasteiger partial charge >= 0.3 is 12.1 Å². The van der Waals surface area contributed by atoms with Crippen molar-refractivity contribution < 1.29 is 27.9 Å². The average molecular weight is 511 g/mol. The average Bonchev–Trinajstić information content (AvgIpc) is 3.31. The molecule has 4 aromatic rings. The number of aliphatic carboxylic acids is 1. The number of carboxylic acid groups (broad SMARTS) is 1. The van der Waals surface area contributed by atoms with Crippen molar-refractivity contribution in [3.63, 3.8) is 0 Å². The molecule has 0 unspecified atom stereocenters. The van der Waals surface area contributed by atoms with Crippen molar-refractivity contribution in [2.24, 2.45) is 0 Å². The van der Waals surface area contributed by atoms with Crippen LogP contribution in [0.25, 0.3) is 10.8 Å². The number of carbonyl (C=O) groups is 2. The molecule has 2 N–H and O–H groups in total. The SMILES string of the molecule is O=C(Cc1ccc2ccccc2c1)N1CCN(Cc2c[nH]cn2)c2ccccc2C1.O=C(O)C(F)(F)F. The number of H-pyrrole nitrogens is 1. The Morgan fingerprint density at radius 3 is 2.38 bits per heavy atom. The lowest BCUT2D eigenvalue weighted by Crippen LogP contribution is -2.36. The number of aromatic amines is 1. The minimum Gasteiger partial charge on any atom is -0.475 e. The number of carbonyl (C=O) groups excluding carboxylic acids is 1. The number of carboxylic acids is 1. The summed E-state index contributed by atoms with van der Waals surface area (Å²) in [5, 5.41) is 9.50. The molecule has 1 aliphatic heterocycles. The number of nitrogens with zero attached hydrogens (tertiary/aromatic N) is 3. The minimum atomic E-state index is -5.08. The first-order chi connectivity index (χ1) is 17.7. The van der Waals surface area contributed by atoms with Crippen molar-refractivity contribution >= 4 is 28.3 Å². The van der Waals surface area contributed by atoms with Crippen molar-refractivity contribution in [1.29, 1.82) is 0 Å². The van der Waals surface area contributed by atoms with Crippen molar-refractivity contribution in [3.8, 4) is 0 Å². The molecule has 0 saturated heterocycles. The van der Waals surface area contributed by atoms with Crippen LogP contribution >= 0.6 is 0 Å². The van der Waals surface area contributed by atoms with E-state index in [1.165, 1.54) is 22.0 Å². The van der Waals surface area contributed by atoms with Crippen molar-refractivity contribution in [2.45, 2.75) is 25.7 Å². The number of aromatic nitrogens is 2. The predicted octanol–water partition coefficient (Wildman–Crippen LogP) is 4.79. The third-order valence-corrected chi connectivity index (χ3v) is 6.01. The molecule has 0 bridgehead atoms. The van der Waals surface area contributed by atoms with E-state index in [-0.39, 0.29) is 5.91 Å². The quantitative estimate of drug-likeness (QED) is 0.412. The fourth-order valence-electron chi connectivity index (χ4n) is 4.18. The smallest absolute Gasteiger partial charge is 0.475 e. The number of para-hydroxylation sites is 1. The normalized spacial score (nSPS) is 13.4. The van der Waals surface area contributed by atoms with Gasteiger partial charge < -0.3 is 19.9 Å². The number of hydrogen-bond donors (Lipinski definition) is 2.